The zero-order valence-electron chi connectivity index (χ0n) is 6.85. The van der Waals surface area contributed by atoms with E-state index in [2.05, 4.69) is 0 Å². The summed E-state index contributed by atoms with van der Waals surface area (Å²) in [7, 11) is 0. The van der Waals surface area contributed by atoms with Crippen LogP contribution in [-0.4, -0.2) is 67.4 Å². The number of aromatic carboxylic acids is 1. The maximum atomic E-state index is 10.6. The van der Waals surface area contributed by atoms with Crippen LogP contribution in [0.25, 0.3) is 0 Å². The SMILES string of the molecule is Cc1ccc([N+](=O)[O-])c(C(=O)O)c1.[KH]. The molecular formula is C8H8KNO4. The van der Waals surface area contributed by atoms with Crippen LogP contribution >= 0.6 is 0 Å². The minimum absolute atomic E-state index is 0. The minimum atomic E-state index is -1.28. The van der Waals surface area contributed by atoms with Crippen molar-refractivity contribution in [1.82, 2.24) is 0 Å². The average Bonchev–Trinajstić information content (AvgIpc) is 2.03. The van der Waals surface area contributed by atoms with E-state index < -0.39 is 10.9 Å². The van der Waals surface area contributed by atoms with Gasteiger partial charge in [0.25, 0.3) is 5.69 Å². The maximum absolute atomic E-state index is 10.6. The van der Waals surface area contributed by atoms with Crippen LogP contribution in [0.15, 0.2) is 18.2 Å². The van der Waals surface area contributed by atoms with Crippen molar-refractivity contribution in [3.63, 3.8) is 0 Å². The molecule has 0 saturated heterocycles. The van der Waals surface area contributed by atoms with Crippen LogP contribution in [-0.2, 0) is 0 Å². The third kappa shape index (κ3) is 3.14. The molecule has 1 aromatic rings. The fourth-order valence-electron chi connectivity index (χ4n) is 0.980. The Kier molecular flexibility index (Phi) is 5.46. The Morgan fingerprint density at radius 2 is 2.07 bits per heavy atom. The van der Waals surface area contributed by atoms with Gasteiger partial charge >= 0.3 is 57.4 Å². The van der Waals surface area contributed by atoms with E-state index in [0.29, 0.717) is 5.56 Å². The van der Waals surface area contributed by atoms with E-state index in [4.69, 9.17) is 5.11 Å². The molecule has 0 aromatic heterocycles. The average molecular weight is 221 g/mol. The number of rotatable bonds is 2. The Balaban J connectivity index is 0.00000169. The van der Waals surface area contributed by atoms with Crippen molar-refractivity contribution >= 4 is 63.0 Å². The third-order valence-electron chi connectivity index (χ3n) is 1.58. The number of hydrogen-bond donors (Lipinski definition) is 1. The van der Waals surface area contributed by atoms with Gasteiger partial charge in [0, 0.05) is 6.07 Å². The van der Waals surface area contributed by atoms with E-state index in [1.54, 1.807) is 6.92 Å². The standard InChI is InChI=1S/C8H7NO4.K.H/c1-5-2-3-7(9(12)13)6(4-5)8(10)11;;/h2-4H,1H3,(H,10,11);;. The topological polar surface area (TPSA) is 80.4 Å². The second kappa shape index (κ2) is 5.57. The molecule has 0 radical (unpaired) electrons. The van der Waals surface area contributed by atoms with Crippen LogP contribution in [0.4, 0.5) is 5.69 Å². The molecule has 0 amide bonds. The van der Waals surface area contributed by atoms with Crippen LogP contribution < -0.4 is 0 Å². The molecule has 1 aromatic carbocycles. The summed E-state index contributed by atoms with van der Waals surface area (Å²) in [6.45, 7) is 1.68. The quantitative estimate of drug-likeness (QED) is 0.458. The number of nitro benzene ring substituents is 1. The van der Waals surface area contributed by atoms with Gasteiger partial charge in [-0.1, -0.05) is 6.07 Å². The van der Waals surface area contributed by atoms with Gasteiger partial charge in [-0.05, 0) is 18.6 Å². The first-order valence-corrected chi connectivity index (χ1v) is 3.50. The van der Waals surface area contributed by atoms with E-state index in [1.807, 2.05) is 0 Å². The predicted molar refractivity (Wildman–Crippen MR) is 51.9 cm³/mol. The molecule has 70 valence electrons. The summed E-state index contributed by atoms with van der Waals surface area (Å²) in [4.78, 5) is 20.2. The number of nitro groups is 1. The monoisotopic (exact) mass is 221 g/mol. The van der Waals surface area contributed by atoms with Crippen LogP contribution in [0.1, 0.15) is 15.9 Å². The molecule has 14 heavy (non-hydrogen) atoms. The summed E-state index contributed by atoms with van der Waals surface area (Å²) in [5, 5.41) is 19.0. The molecule has 0 spiro atoms. The van der Waals surface area contributed by atoms with Crippen molar-refractivity contribution < 1.29 is 14.8 Å². The first-order valence-electron chi connectivity index (χ1n) is 3.50. The van der Waals surface area contributed by atoms with Crippen LogP contribution in [0.5, 0.6) is 0 Å². The fraction of sp³-hybridized carbons (Fsp3) is 0.125. The molecule has 0 aliphatic heterocycles. The van der Waals surface area contributed by atoms with E-state index in [1.165, 1.54) is 18.2 Å². The summed E-state index contributed by atoms with van der Waals surface area (Å²) in [5.41, 5.74) is 0.0334. The normalized spacial score (nSPS) is 8.93. The summed E-state index contributed by atoms with van der Waals surface area (Å²) < 4.78 is 0. The predicted octanol–water partition coefficient (Wildman–Crippen LogP) is 0.953. The molecule has 1 N–H and O–H groups in total. The van der Waals surface area contributed by atoms with Crippen molar-refractivity contribution in [2.45, 2.75) is 6.92 Å². The van der Waals surface area contributed by atoms with Crippen molar-refractivity contribution in [1.29, 1.82) is 0 Å². The first-order chi connectivity index (χ1) is 6.02. The van der Waals surface area contributed by atoms with Gasteiger partial charge in [-0.2, -0.15) is 0 Å². The Labute approximate surface area is 123 Å². The number of benzene rings is 1. The van der Waals surface area contributed by atoms with Gasteiger partial charge < -0.3 is 5.11 Å². The molecule has 0 atom stereocenters. The van der Waals surface area contributed by atoms with Crippen LogP contribution in [0, 0.1) is 17.0 Å². The zero-order chi connectivity index (χ0) is 10.0. The van der Waals surface area contributed by atoms with Gasteiger partial charge in [-0.25, -0.2) is 4.79 Å². The van der Waals surface area contributed by atoms with Crippen molar-refractivity contribution in [2.24, 2.45) is 0 Å². The van der Waals surface area contributed by atoms with E-state index >= 15 is 0 Å². The number of aryl methyl sites for hydroxylation is 1. The van der Waals surface area contributed by atoms with Crippen molar-refractivity contribution in [2.75, 3.05) is 0 Å². The summed E-state index contributed by atoms with van der Waals surface area (Å²) in [6, 6.07) is 3.98. The second-order valence-electron chi connectivity index (χ2n) is 2.58. The summed E-state index contributed by atoms with van der Waals surface area (Å²) in [5.74, 6) is -1.28. The van der Waals surface area contributed by atoms with Gasteiger partial charge in [0.15, 0.2) is 0 Å². The van der Waals surface area contributed by atoms with Gasteiger partial charge in [0.2, 0.25) is 0 Å². The molecule has 0 fully saturated rings. The van der Waals surface area contributed by atoms with Gasteiger partial charge in [-0.15, -0.1) is 0 Å². The Morgan fingerprint density at radius 1 is 1.50 bits per heavy atom. The van der Waals surface area contributed by atoms with Gasteiger partial charge in [0.1, 0.15) is 5.56 Å². The molecule has 0 aliphatic carbocycles. The molecular weight excluding hydrogens is 213 g/mol. The zero-order valence-corrected chi connectivity index (χ0v) is 6.85. The summed E-state index contributed by atoms with van der Waals surface area (Å²) in [6.07, 6.45) is 0. The molecule has 0 aliphatic rings. The van der Waals surface area contributed by atoms with E-state index in [9.17, 15) is 14.9 Å². The van der Waals surface area contributed by atoms with E-state index in [0.717, 1.165) is 0 Å². The molecule has 0 heterocycles. The Hall–Kier alpha value is -0.274. The fourth-order valence-corrected chi connectivity index (χ4v) is 0.980. The molecule has 0 saturated carbocycles. The molecule has 5 nitrogen and oxygen atoms in total. The Bertz CT molecular complexity index is 378. The number of carbonyl (C=O) groups is 1. The third-order valence-corrected chi connectivity index (χ3v) is 1.58. The van der Waals surface area contributed by atoms with Crippen LogP contribution in [0.2, 0.25) is 0 Å². The Morgan fingerprint density at radius 3 is 2.50 bits per heavy atom. The first kappa shape index (κ1) is 13.7. The number of hydrogen-bond acceptors (Lipinski definition) is 3. The van der Waals surface area contributed by atoms with Gasteiger partial charge in [0.05, 0.1) is 4.92 Å². The van der Waals surface area contributed by atoms with Crippen molar-refractivity contribution in [3.8, 4) is 0 Å². The molecule has 0 unspecified atom stereocenters. The molecule has 6 heteroatoms. The molecule has 1 rings (SSSR count). The van der Waals surface area contributed by atoms with E-state index in [-0.39, 0.29) is 62.6 Å². The second-order valence-corrected chi connectivity index (χ2v) is 2.58. The summed E-state index contributed by atoms with van der Waals surface area (Å²) >= 11 is 0. The number of carboxylic acid groups (broad SMARTS) is 1. The number of nitrogens with zero attached hydrogens (tertiary/aromatic N) is 1. The van der Waals surface area contributed by atoms with Crippen LogP contribution in [0.3, 0.4) is 0 Å². The number of carboxylic acids is 1. The van der Waals surface area contributed by atoms with Crippen molar-refractivity contribution in [3.05, 3.63) is 39.4 Å². The van der Waals surface area contributed by atoms with Gasteiger partial charge in [-0.3, -0.25) is 10.1 Å². The molecule has 0 bridgehead atoms.